The molecule has 2 rings (SSSR count). The van der Waals surface area contributed by atoms with E-state index in [9.17, 15) is 0 Å². The van der Waals surface area contributed by atoms with Crippen molar-refractivity contribution in [1.82, 2.24) is 0 Å². The summed E-state index contributed by atoms with van der Waals surface area (Å²) in [6, 6.07) is 19.4. The Morgan fingerprint density at radius 2 is 1.28 bits per heavy atom. The van der Waals surface area contributed by atoms with E-state index >= 15 is 0 Å². The van der Waals surface area contributed by atoms with Crippen LogP contribution in [0.4, 0.5) is 0 Å². The maximum absolute atomic E-state index is 8.63. The van der Waals surface area contributed by atoms with Gasteiger partial charge < -0.3 is 5.11 Å². The molecule has 0 heterocycles. The van der Waals surface area contributed by atoms with Crippen LogP contribution in [0.3, 0.4) is 0 Å². The summed E-state index contributed by atoms with van der Waals surface area (Å²) in [4.78, 5) is 0. The van der Waals surface area contributed by atoms with Crippen LogP contribution in [0.25, 0.3) is 0 Å². The third-order valence-corrected chi connectivity index (χ3v) is 3.20. The molecule has 0 saturated heterocycles. The van der Waals surface area contributed by atoms with E-state index in [0.717, 1.165) is 0 Å². The van der Waals surface area contributed by atoms with E-state index in [-0.39, 0.29) is 0 Å². The summed E-state index contributed by atoms with van der Waals surface area (Å²) in [6.45, 7) is 6.79. The number of hydrogen-bond acceptors (Lipinski definition) is 1. The molecule has 1 heteroatoms. The standard InChI is InChI=1S/C11H16.C6H6O/c1-4-11(2,3)10-8-6-5-7-9-10;7-6-4-2-1-3-5-6/h5-9H,4H2,1-3H3;1-5,7H. The fraction of sp³-hybridized carbons (Fsp3) is 0.294. The predicted octanol–water partition coefficient (Wildman–Crippen LogP) is 4.77. The van der Waals surface area contributed by atoms with Crippen molar-refractivity contribution in [2.45, 2.75) is 32.6 Å². The Labute approximate surface area is 110 Å². The van der Waals surface area contributed by atoms with E-state index in [1.54, 1.807) is 24.3 Å². The lowest BCUT2D eigenvalue weighted by atomic mass is 9.82. The van der Waals surface area contributed by atoms with Gasteiger partial charge in [-0.05, 0) is 29.5 Å². The highest BCUT2D eigenvalue weighted by Crippen LogP contribution is 2.25. The van der Waals surface area contributed by atoms with E-state index in [0.29, 0.717) is 11.2 Å². The molecule has 0 unspecified atom stereocenters. The lowest BCUT2D eigenvalue weighted by molar-refractivity contribution is 0.475. The fourth-order valence-electron chi connectivity index (χ4n) is 1.52. The molecule has 2 aromatic rings. The molecule has 0 radical (unpaired) electrons. The number of phenols is 1. The molecule has 1 N–H and O–H groups in total. The van der Waals surface area contributed by atoms with Gasteiger partial charge in [0.2, 0.25) is 0 Å². The average Bonchev–Trinajstić information content (AvgIpc) is 2.41. The van der Waals surface area contributed by atoms with Crippen molar-refractivity contribution in [3.63, 3.8) is 0 Å². The van der Waals surface area contributed by atoms with E-state index in [2.05, 4.69) is 51.1 Å². The number of phenolic OH excluding ortho intramolecular Hbond substituents is 1. The van der Waals surface area contributed by atoms with Gasteiger partial charge in [-0.15, -0.1) is 0 Å². The van der Waals surface area contributed by atoms with Gasteiger partial charge in [-0.1, -0.05) is 69.3 Å². The Morgan fingerprint density at radius 1 is 0.833 bits per heavy atom. The summed E-state index contributed by atoms with van der Waals surface area (Å²) in [5.41, 5.74) is 1.77. The van der Waals surface area contributed by atoms with Crippen molar-refractivity contribution in [3.05, 3.63) is 66.2 Å². The first kappa shape index (κ1) is 14.3. The van der Waals surface area contributed by atoms with Crippen LogP contribution < -0.4 is 0 Å². The van der Waals surface area contributed by atoms with Crippen LogP contribution in [-0.2, 0) is 5.41 Å². The second kappa shape index (κ2) is 6.85. The van der Waals surface area contributed by atoms with Gasteiger partial charge in [0, 0.05) is 0 Å². The zero-order valence-corrected chi connectivity index (χ0v) is 11.4. The predicted molar refractivity (Wildman–Crippen MR) is 77.9 cm³/mol. The first-order valence-corrected chi connectivity index (χ1v) is 6.36. The van der Waals surface area contributed by atoms with Crippen molar-refractivity contribution < 1.29 is 5.11 Å². The first-order valence-electron chi connectivity index (χ1n) is 6.36. The van der Waals surface area contributed by atoms with E-state index in [4.69, 9.17) is 5.11 Å². The van der Waals surface area contributed by atoms with Gasteiger partial charge >= 0.3 is 0 Å². The molecule has 0 aliphatic rings. The lowest BCUT2D eigenvalue weighted by Crippen LogP contribution is -2.14. The monoisotopic (exact) mass is 242 g/mol. The highest BCUT2D eigenvalue weighted by Gasteiger charge is 2.16. The van der Waals surface area contributed by atoms with Gasteiger partial charge in [-0.25, -0.2) is 0 Å². The molecule has 0 fully saturated rings. The van der Waals surface area contributed by atoms with Gasteiger partial charge in [0.25, 0.3) is 0 Å². The molecule has 2 aromatic carbocycles. The second-order valence-corrected chi connectivity index (χ2v) is 4.94. The maximum Gasteiger partial charge on any atom is 0.115 e. The molecule has 0 atom stereocenters. The van der Waals surface area contributed by atoms with Crippen molar-refractivity contribution >= 4 is 0 Å². The lowest BCUT2D eigenvalue weighted by Gasteiger charge is -2.22. The molecule has 0 amide bonds. The Morgan fingerprint density at radius 3 is 1.61 bits per heavy atom. The summed E-state index contributed by atoms with van der Waals surface area (Å²) in [5.74, 6) is 0.322. The Kier molecular flexibility index (Phi) is 5.44. The van der Waals surface area contributed by atoms with Crippen LogP contribution in [-0.4, -0.2) is 5.11 Å². The van der Waals surface area contributed by atoms with Gasteiger partial charge in [0.15, 0.2) is 0 Å². The molecular formula is C17H22O. The van der Waals surface area contributed by atoms with Crippen LogP contribution >= 0.6 is 0 Å². The SMILES string of the molecule is CCC(C)(C)c1ccccc1.Oc1ccccc1. The van der Waals surface area contributed by atoms with Crippen LogP contribution in [0.15, 0.2) is 60.7 Å². The molecule has 0 aromatic heterocycles. The van der Waals surface area contributed by atoms with Crippen molar-refractivity contribution in [3.8, 4) is 5.75 Å². The number of benzene rings is 2. The molecular weight excluding hydrogens is 220 g/mol. The van der Waals surface area contributed by atoms with Crippen molar-refractivity contribution in [2.24, 2.45) is 0 Å². The van der Waals surface area contributed by atoms with Crippen LogP contribution in [0, 0.1) is 0 Å². The summed E-state index contributed by atoms with van der Waals surface area (Å²) < 4.78 is 0. The van der Waals surface area contributed by atoms with Gasteiger partial charge in [-0.3, -0.25) is 0 Å². The molecule has 0 spiro atoms. The maximum atomic E-state index is 8.63. The number of para-hydroxylation sites is 1. The highest BCUT2D eigenvalue weighted by atomic mass is 16.3. The Bertz CT molecular complexity index is 432. The van der Waals surface area contributed by atoms with Gasteiger partial charge in [-0.2, -0.15) is 0 Å². The Hall–Kier alpha value is -1.76. The minimum atomic E-state index is 0.322. The number of hydrogen-bond donors (Lipinski definition) is 1. The summed E-state index contributed by atoms with van der Waals surface area (Å²) in [7, 11) is 0. The minimum Gasteiger partial charge on any atom is -0.508 e. The van der Waals surface area contributed by atoms with Gasteiger partial charge in [0.1, 0.15) is 5.75 Å². The largest absolute Gasteiger partial charge is 0.508 e. The summed E-state index contributed by atoms with van der Waals surface area (Å²) in [6.07, 6.45) is 1.19. The van der Waals surface area contributed by atoms with Crippen molar-refractivity contribution in [1.29, 1.82) is 0 Å². The third kappa shape index (κ3) is 4.62. The second-order valence-electron chi connectivity index (χ2n) is 4.94. The molecule has 0 saturated carbocycles. The average molecular weight is 242 g/mol. The summed E-state index contributed by atoms with van der Waals surface area (Å²) in [5, 5.41) is 8.63. The molecule has 0 aliphatic heterocycles. The normalized spacial score (nSPS) is 10.4. The smallest absolute Gasteiger partial charge is 0.115 e. The van der Waals surface area contributed by atoms with E-state index in [1.807, 2.05) is 6.07 Å². The number of rotatable bonds is 2. The van der Waals surface area contributed by atoms with Crippen molar-refractivity contribution in [2.75, 3.05) is 0 Å². The van der Waals surface area contributed by atoms with Gasteiger partial charge in [0.05, 0.1) is 0 Å². The molecule has 0 bridgehead atoms. The summed E-state index contributed by atoms with van der Waals surface area (Å²) >= 11 is 0. The zero-order valence-electron chi connectivity index (χ0n) is 11.4. The fourth-order valence-corrected chi connectivity index (χ4v) is 1.52. The Balaban J connectivity index is 0.000000199. The van der Waals surface area contributed by atoms with E-state index < -0.39 is 0 Å². The third-order valence-electron chi connectivity index (χ3n) is 3.20. The quantitative estimate of drug-likeness (QED) is 0.804. The molecule has 18 heavy (non-hydrogen) atoms. The van der Waals surface area contributed by atoms with E-state index in [1.165, 1.54) is 12.0 Å². The topological polar surface area (TPSA) is 20.2 Å². The minimum absolute atomic E-state index is 0.322. The molecule has 0 aliphatic carbocycles. The highest BCUT2D eigenvalue weighted by molar-refractivity contribution is 5.22. The molecule has 96 valence electrons. The van der Waals surface area contributed by atoms with Crippen LogP contribution in [0.5, 0.6) is 5.75 Å². The molecule has 1 nitrogen and oxygen atoms in total. The van der Waals surface area contributed by atoms with Crippen LogP contribution in [0.1, 0.15) is 32.8 Å². The van der Waals surface area contributed by atoms with Crippen LogP contribution in [0.2, 0.25) is 0 Å². The first-order chi connectivity index (χ1) is 8.56. The zero-order chi connectivity index (χ0) is 13.4. The number of aromatic hydroxyl groups is 1.